The number of aliphatic hydroxyl groups excluding tert-OH is 1. The predicted octanol–water partition coefficient (Wildman–Crippen LogP) is 3.02. The fraction of sp³-hybridized carbons (Fsp3) is 0.654. The van der Waals surface area contributed by atoms with Crippen LogP contribution in [0.15, 0.2) is 23.2 Å². The Kier molecular flexibility index (Phi) is 8.99. The van der Waals surface area contributed by atoms with Crippen molar-refractivity contribution < 1.29 is 19.4 Å². The number of nitrogens with two attached hydrogens (primary N) is 1. The molecule has 35 heavy (non-hydrogen) atoms. The van der Waals surface area contributed by atoms with Gasteiger partial charge in [0, 0.05) is 23.6 Å². The van der Waals surface area contributed by atoms with Gasteiger partial charge >= 0.3 is 0 Å². The lowest BCUT2D eigenvalue weighted by Crippen LogP contribution is -2.49. The van der Waals surface area contributed by atoms with Gasteiger partial charge in [-0.2, -0.15) is 0 Å². The molecule has 0 radical (unpaired) electrons. The van der Waals surface area contributed by atoms with Crippen LogP contribution in [0.5, 0.6) is 5.75 Å². The molecule has 0 spiro atoms. The molecule has 9 heteroatoms. The van der Waals surface area contributed by atoms with Gasteiger partial charge in [0.05, 0.1) is 18.8 Å². The minimum absolute atomic E-state index is 0.0287. The van der Waals surface area contributed by atoms with Gasteiger partial charge in [-0.3, -0.25) is 9.59 Å². The second-order valence-electron chi connectivity index (χ2n) is 10.6. The number of ether oxygens (including phenoxy) is 1. The zero-order valence-corrected chi connectivity index (χ0v) is 21.5. The van der Waals surface area contributed by atoms with Crippen LogP contribution < -0.4 is 15.8 Å². The molecule has 1 saturated carbocycles. The lowest BCUT2D eigenvalue weighted by Gasteiger charge is -2.36. The molecule has 0 bridgehead atoms. The summed E-state index contributed by atoms with van der Waals surface area (Å²) in [7, 11) is 0. The second kappa shape index (κ2) is 11.7. The normalized spacial score (nSPS) is 17.3. The minimum Gasteiger partial charge on any atom is -0.493 e. The van der Waals surface area contributed by atoms with Gasteiger partial charge in [-0.05, 0) is 59.1 Å². The van der Waals surface area contributed by atoms with Crippen molar-refractivity contribution in [2.75, 3.05) is 13.2 Å². The Hall–Kier alpha value is -2.81. The number of benzene rings is 1. The molecule has 1 aliphatic heterocycles. The van der Waals surface area contributed by atoms with E-state index < -0.39 is 6.23 Å². The predicted molar refractivity (Wildman–Crippen MR) is 136 cm³/mol. The van der Waals surface area contributed by atoms with E-state index >= 15 is 0 Å². The highest BCUT2D eigenvalue weighted by atomic mass is 16.5. The number of nitrogens with one attached hydrogen (secondary N) is 1. The summed E-state index contributed by atoms with van der Waals surface area (Å²) in [6, 6.07) is 5.73. The molecule has 1 atom stereocenters. The van der Waals surface area contributed by atoms with Gasteiger partial charge in [0.2, 0.25) is 11.8 Å². The first kappa shape index (κ1) is 26.8. The summed E-state index contributed by atoms with van der Waals surface area (Å²) in [5.74, 6) is 0.813. The third-order valence-electron chi connectivity index (χ3n) is 6.32. The number of guanidine groups is 1. The number of carbonyl (C=O) groups excluding carboxylic acids is 2. The molecule has 0 saturated heterocycles. The summed E-state index contributed by atoms with van der Waals surface area (Å²) >= 11 is 0. The molecule has 9 nitrogen and oxygen atoms in total. The lowest BCUT2D eigenvalue weighted by atomic mass is 9.93. The molecular weight excluding hydrogens is 446 g/mol. The van der Waals surface area contributed by atoms with Crippen molar-refractivity contribution in [3.05, 3.63) is 23.8 Å². The van der Waals surface area contributed by atoms with Crippen LogP contribution in [-0.2, 0) is 16.1 Å². The van der Waals surface area contributed by atoms with E-state index in [0.717, 1.165) is 36.9 Å². The molecule has 0 aromatic heterocycles. The minimum atomic E-state index is -0.780. The van der Waals surface area contributed by atoms with E-state index in [1.54, 1.807) is 16.7 Å². The van der Waals surface area contributed by atoms with Crippen molar-refractivity contribution in [3.63, 3.8) is 0 Å². The van der Waals surface area contributed by atoms with E-state index in [1.807, 2.05) is 39.0 Å². The van der Waals surface area contributed by atoms with E-state index in [4.69, 9.17) is 10.5 Å². The average Bonchev–Trinajstić information content (AvgIpc) is 2.76. The summed E-state index contributed by atoms with van der Waals surface area (Å²) in [6.07, 6.45) is 5.40. The van der Waals surface area contributed by atoms with E-state index in [0.29, 0.717) is 37.7 Å². The van der Waals surface area contributed by atoms with Crippen molar-refractivity contribution >= 4 is 23.5 Å². The fourth-order valence-electron chi connectivity index (χ4n) is 4.80. The second-order valence-corrected chi connectivity index (χ2v) is 10.6. The Bertz CT molecular complexity index is 919. The number of nitrogens with zero attached hydrogens (tertiary/aromatic N) is 3. The van der Waals surface area contributed by atoms with Crippen LogP contribution in [0.3, 0.4) is 0 Å². The van der Waals surface area contributed by atoms with Crippen molar-refractivity contribution in [1.29, 1.82) is 0 Å². The molecule has 1 aromatic rings. The highest BCUT2D eigenvalue weighted by Crippen LogP contribution is 2.33. The van der Waals surface area contributed by atoms with Gasteiger partial charge in [0.25, 0.3) is 0 Å². The summed E-state index contributed by atoms with van der Waals surface area (Å²) in [5.41, 5.74) is 7.38. The van der Waals surface area contributed by atoms with Crippen molar-refractivity contribution in [1.82, 2.24) is 15.1 Å². The summed E-state index contributed by atoms with van der Waals surface area (Å²) in [6.45, 7) is 8.34. The third-order valence-corrected chi connectivity index (χ3v) is 6.32. The topological polar surface area (TPSA) is 120 Å². The number of aliphatic imine (C=N–C) groups is 1. The number of aliphatic hydroxyl groups is 1. The molecular formula is C26H41N5O4. The summed E-state index contributed by atoms with van der Waals surface area (Å²) in [4.78, 5) is 33.1. The number of carbonyl (C=O) groups is 2. The third kappa shape index (κ3) is 7.59. The molecule has 4 N–H and O–H groups in total. The number of fused-ring (bicyclic) bond motifs is 1. The average molecular weight is 488 g/mol. The van der Waals surface area contributed by atoms with Gasteiger partial charge in [-0.25, -0.2) is 4.99 Å². The van der Waals surface area contributed by atoms with Crippen LogP contribution in [0.4, 0.5) is 5.69 Å². The maximum atomic E-state index is 12.8. The molecule has 1 heterocycles. The van der Waals surface area contributed by atoms with Crippen LogP contribution >= 0.6 is 0 Å². The molecule has 1 aromatic carbocycles. The number of rotatable bonds is 9. The lowest BCUT2D eigenvalue weighted by molar-refractivity contribution is -0.145. The Labute approximate surface area is 208 Å². The Morgan fingerprint density at radius 2 is 2.00 bits per heavy atom. The summed E-state index contributed by atoms with van der Waals surface area (Å²) in [5, 5.41) is 13.1. The van der Waals surface area contributed by atoms with E-state index in [-0.39, 0.29) is 29.9 Å². The SMILES string of the molecule is CC(O)N(C(=O)CCCOc1cccc2c1CN(CC(=O)NC(C)(C)C)C(N)=N2)C1CCCCC1. The number of hydrogen-bond acceptors (Lipinski definition) is 7. The first-order valence-electron chi connectivity index (χ1n) is 12.7. The molecule has 2 aliphatic rings. The Morgan fingerprint density at radius 3 is 2.66 bits per heavy atom. The van der Waals surface area contributed by atoms with Crippen molar-refractivity contribution in [2.45, 2.75) is 97.0 Å². The maximum Gasteiger partial charge on any atom is 0.240 e. The molecule has 194 valence electrons. The standard InChI is InChI=1S/C26H41N5O4/c1-18(32)31(19-10-6-5-7-11-19)24(34)14-9-15-35-22-13-8-12-21-20(22)16-30(25(27)28-21)17-23(33)29-26(2,3)4/h8,12-13,18-19,32H,5-7,9-11,14-17H2,1-4H3,(H2,27,28)(H,29,33). The van der Waals surface area contributed by atoms with E-state index in [2.05, 4.69) is 10.3 Å². The van der Waals surface area contributed by atoms with Crippen molar-refractivity contribution in [2.24, 2.45) is 10.7 Å². The van der Waals surface area contributed by atoms with E-state index in [1.165, 1.54) is 6.42 Å². The van der Waals surface area contributed by atoms with Gasteiger partial charge in [0.1, 0.15) is 18.5 Å². The molecule has 1 fully saturated rings. The van der Waals surface area contributed by atoms with Gasteiger partial charge in [-0.15, -0.1) is 0 Å². The quantitative estimate of drug-likeness (QED) is 0.364. The molecule has 3 rings (SSSR count). The zero-order valence-electron chi connectivity index (χ0n) is 21.5. The largest absolute Gasteiger partial charge is 0.493 e. The first-order chi connectivity index (χ1) is 16.5. The number of amides is 2. The molecule has 1 aliphatic carbocycles. The Morgan fingerprint density at radius 1 is 1.29 bits per heavy atom. The van der Waals surface area contributed by atoms with Crippen LogP contribution in [-0.4, -0.2) is 63.6 Å². The van der Waals surface area contributed by atoms with Crippen LogP contribution in [0.1, 0.15) is 78.2 Å². The van der Waals surface area contributed by atoms with E-state index in [9.17, 15) is 14.7 Å². The smallest absolute Gasteiger partial charge is 0.240 e. The fourth-order valence-corrected chi connectivity index (χ4v) is 4.80. The highest BCUT2D eigenvalue weighted by molar-refractivity contribution is 5.89. The first-order valence-corrected chi connectivity index (χ1v) is 12.7. The van der Waals surface area contributed by atoms with Gasteiger partial charge in [-0.1, -0.05) is 25.3 Å². The van der Waals surface area contributed by atoms with Gasteiger partial charge in [0.15, 0.2) is 5.96 Å². The van der Waals surface area contributed by atoms with Crippen molar-refractivity contribution in [3.8, 4) is 5.75 Å². The Balaban J connectivity index is 1.56. The van der Waals surface area contributed by atoms with Gasteiger partial charge < -0.3 is 30.7 Å². The van der Waals surface area contributed by atoms with Crippen LogP contribution in [0, 0.1) is 0 Å². The van der Waals surface area contributed by atoms with Crippen LogP contribution in [0.2, 0.25) is 0 Å². The maximum absolute atomic E-state index is 12.8. The zero-order chi connectivity index (χ0) is 25.6. The summed E-state index contributed by atoms with van der Waals surface area (Å²) < 4.78 is 6.04. The van der Waals surface area contributed by atoms with Crippen LogP contribution in [0.25, 0.3) is 0 Å². The highest BCUT2D eigenvalue weighted by Gasteiger charge is 2.28. The monoisotopic (exact) mass is 487 g/mol. The molecule has 1 unspecified atom stereocenters. The number of hydrogen-bond donors (Lipinski definition) is 3. The molecule has 2 amide bonds.